The number of nitrogens with one attached hydrogen (secondary N) is 2. The van der Waals surface area contributed by atoms with Crippen LogP contribution in [0, 0.1) is 5.92 Å². The Morgan fingerprint density at radius 3 is 2.34 bits per heavy atom. The molecule has 0 heterocycles. The number of benzene rings is 3. The normalized spacial score (nSPS) is 12.8. The number of amides is 2. The van der Waals surface area contributed by atoms with Crippen LogP contribution in [-0.2, 0) is 9.53 Å². The van der Waals surface area contributed by atoms with Gasteiger partial charge in [-0.3, -0.25) is 20.1 Å². The fraction of sp³-hybridized carbons (Fsp3) is 0.222. The lowest BCUT2D eigenvalue weighted by atomic mass is 9.89. The largest absolute Gasteiger partial charge is 0.507 e. The summed E-state index contributed by atoms with van der Waals surface area (Å²) in [4.78, 5) is 35.5. The maximum atomic E-state index is 12.8. The van der Waals surface area contributed by atoms with E-state index in [0.29, 0.717) is 29.5 Å². The SMILES string of the molecule is CC(=O)c1ccc(NC(=O)O[C@H](c2ccc(O)c3ccccc23)[C@H](C)CC/C=C/C(=O)NO)cc1. The molecule has 2 amide bonds. The molecule has 0 aromatic heterocycles. The first-order valence-corrected chi connectivity index (χ1v) is 11.2. The van der Waals surface area contributed by atoms with E-state index in [-0.39, 0.29) is 17.5 Å². The zero-order chi connectivity index (χ0) is 25.4. The molecule has 4 N–H and O–H groups in total. The molecule has 182 valence electrons. The van der Waals surface area contributed by atoms with E-state index in [4.69, 9.17) is 9.94 Å². The highest BCUT2D eigenvalue weighted by atomic mass is 16.6. The molecule has 8 nitrogen and oxygen atoms in total. The smallest absolute Gasteiger partial charge is 0.412 e. The summed E-state index contributed by atoms with van der Waals surface area (Å²) in [6.45, 7) is 3.40. The lowest BCUT2D eigenvalue weighted by Crippen LogP contribution is -2.22. The lowest BCUT2D eigenvalue weighted by Gasteiger charge is -2.26. The molecule has 2 atom stereocenters. The van der Waals surface area contributed by atoms with Crippen molar-refractivity contribution in [3.63, 3.8) is 0 Å². The van der Waals surface area contributed by atoms with Crippen molar-refractivity contribution in [2.24, 2.45) is 5.92 Å². The highest BCUT2D eigenvalue weighted by molar-refractivity contribution is 5.95. The van der Waals surface area contributed by atoms with Gasteiger partial charge < -0.3 is 9.84 Å². The second-order valence-corrected chi connectivity index (χ2v) is 8.24. The number of phenols is 1. The summed E-state index contributed by atoms with van der Waals surface area (Å²) in [6, 6.07) is 17.1. The second kappa shape index (κ2) is 11.8. The van der Waals surface area contributed by atoms with Crippen molar-refractivity contribution < 1.29 is 29.4 Å². The van der Waals surface area contributed by atoms with Gasteiger partial charge >= 0.3 is 6.09 Å². The minimum absolute atomic E-state index is 0.0715. The van der Waals surface area contributed by atoms with Gasteiger partial charge in [0.2, 0.25) is 0 Å². The first-order valence-electron chi connectivity index (χ1n) is 11.2. The molecule has 0 aliphatic heterocycles. The topological polar surface area (TPSA) is 125 Å². The Kier molecular flexibility index (Phi) is 8.58. The summed E-state index contributed by atoms with van der Waals surface area (Å²) in [7, 11) is 0. The summed E-state index contributed by atoms with van der Waals surface area (Å²) in [6.07, 6.45) is 2.64. The predicted octanol–water partition coefficient (Wildman–Crippen LogP) is 5.52. The van der Waals surface area contributed by atoms with Gasteiger partial charge in [0.05, 0.1) is 0 Å². The maximum Gasteiger partial charge on any atom is 0.412 e. The van der Waals surface area contributed by atoms with Crippen molar-refractivity contribution in [3.05, 3.63) is 83.9 Å². The molecule has 0 unspecified atom stereocenters. The van der Waals surface area contributed by atoms with E-state index >= 15 is 0 Å². The second-order valence-electron chi connectivity index (χ2n) is 8.24. The Labute approximate surface area is 203 Å². The molecule has 0 bridgehead atoms. The molecule has 3 aromatic carbocycles. The van der Waals surface area contributed by atoms with E-state index in [1.807, 2.05) is 25.1 Å². The first kappa shape index (κ1) is 25.5. The number of Topliss-reactive ketones (excluding diaryl/α,β-unsaturated/α-hetero) is 1. The van der Waals surface area contributed by atoms with Crippen molar-refractivity contribution in [1.82, 2.24) is 5.48 Å². The molecule has 3 aromatic rings. The minimum Gasteiger partial charge on any atom is -0.507 e. The Morgan fingerprint density at radius 2 is 1.69 bits per heavy atom. The van der Waals surface area contributed by atoms with Crippen LogP contribution in [0.3, 0.4) is 0 Å². The predicted molar refractivity (Wildman–Crippen MR) is 132 cm³/mol. The van der Waals surface area contributed by atoms with Crippen molar-refractivity contribution in [3.8, 4) is 5.75 Å². The van der Waals surface area contributed by atoms with Crippen molar-refractivity contribution in [1.29, 1.82) is 0 Å². The number of rotatable bonds is 9. The molecule has 0 radical (unpaired) electrons. The van der Waals surface area contributed by atoms with Gasteiger partial charge in [-0.15, -0.1) is 0 Å². The van der Waals surface area contributed by atoms with Crippen LogP contribution in [0.2, 0.25) is 0 Å². The summed E-state index contributed by atoms with van der Waals surface area (Å²) in [5, 5.41) is 23.0. The van der Waals surface area contributed by atoms with Crippen LogP contribution < -0.4 is 10.8 Å². The monoisotopic (exact) mass is 476 g/mol. The van der Waals surface area contributed by atoms with Crippen LogP contribution in [0.25, 0.3) is 10.8 Å². The van der Waals surface area contributed by atoms with E-state index in [9.17, 15) is 19.5 Å². The number of phenolic OH excluding ortho intramolecular Hbond substituents is 1. The number of aromatic hydroxyl groups is 1. The number of hydroxylamine groups is 1. The number of carbonyl (C=O) groups excluding carboxylic acids is 3. The fourth-order valence-corrected chi connectivity index (χ4v) is 3.83. The third-order valence-corrected chi connectivity index (χ3v) is 5.70. The van der Waals surface area contributed by atoms with Gasteiger partial charge in [-0.1, -0.05) is 43.3 Å². The molecule has 0 spiro atoms. The van der Waals surface area contributed by atoms with E-state index in [2.05, 4.69) is 5.32 Å². The molecule has 0 saturated heterocycles. The van der Waals surface area contributed by atoms with Crippen LogP contribution >= 0.6 is 0 Å². The number of allylic oxidation sites excluding steroid dienone is 1. The summed E-state index contributed by atoms with van der Waals surface area (Å²) >= 11 is 0. The van der Waals surface area contributed by atoms with Gasteiger partial charge in [0.25, 0.3) is 5.91 Å². The molecule has 0 fully saturated rings. The zero-order valence-corrected chi connectivity index (χ0v) is 19.5. The molecule has 0 aliphatic rings. The first-order chi connectivity index (χ1) is 16.8. The Hall–Kier alpha value is -4.17. The highest BCUT2D eigenvalue weighted by Gasteiger charge is 2.26. The number of hydrogen-bond acceptors (Lipinski definition) is 6. The number of anilines is 1. The number of ether oxygens (including phenoxy) is 1. The van der Waals surface area contributed by atoms with Crippen molar-refractivity contribution in [2.45, 2.75) is 32.8 Å². The number of hydrogen-bond donors (Lipinski definition) is 4. The standard InChI is InChI=1S/C27H28N2O6/c1-17(7-3-6-10-25(32)29-34)26(23-15-16-24(31)22-9-5-4-8-21(22)23)35-27(33)28-20-13-11-19(12-14-20)18(2)30/h4-6,8-17,26,31,34H,3,7H2,1-2H3,(H,28,33)(H,29,32)/b10-6+/t17-,26+/m1/s1. The Morgan fingerprint density at radius 1 is 1.00 bits per heavy atom. The van der Waals surface area contributed by atoms with Gasteiger partial charge in [-0.2, -0.15) is 0 Å². The number of carbonyl (C=O) groups is 3. The summed E-state index contributed by atoms with van der Waals surface area (Å²) < 4.78 is 5.89. The number of ketones is 1. The zero-order valence-electron chi connectivity index (χ0n) is 19.5. The van der Waals surface area contributed by atoms with E-state index < -0.39 is 18.1 Å². The Balaban J connectivity index is 1.84. The molecule has 35 heavy (non-hydrogen) atoms. The number of fused-ring (bicyclic) bond motifs is 1. The lowest BCUT2D eigenvalue weighted by molar-refractivity contribution is -0.124. The molecular weight excluding hydrogens is 448 g/mol. The average molecular weight is 477 g/mol. The van der Waals surface area contributed by atoms with Crippen LogP contribution in [0.15, 0.2) is 72.8 Å². The van der Waals surface area contributed by atoms with Gasteiger partial charge in [-0.25, -0.2) is 10.3 Å². The molecular formula is C27H28N2O6. The third kappa shape index (κ3) is 6.68. The molecule has 3 rings (SSSR count). The quantitative estimate of drug-likeness (QED) is 0.140. The fourth-order valence-electron chi connectivity index (χ4n) is 3.83. The van der Waals surface area contributed by atoms with Gasteiger partial charge in [0.15, 0.2) is 5.78 Å². The molecule has 0 aliphatic carbocycles. The minimum atomic E-state index is -0.662. The van der Waals surface area contributed by atoms with E-state index in [1.54, 1.807) is 54.0 Å². The maximum absolute atomic E-state index is 12.8. The van der Waals surface area contributed by atoms with Crippen LogP contribution in [0.5, 0.6) is 5.75 Å². The van der Waals surface area contributed by atoms with E-state index in [0.717, 1.165) is 10.9 Å². The van der Waals surface area contributed by atoms with Crippen molar-refractivity contribution >= 4 is 34.2 Å². The average Bonchev–Trinajstić information content (AvgIpc) is 2.86. The molecule has 8 heteroatoms. The Bertz CT molecular complexity index is 1240. The van der Waals surface area contributed by atoms with Crippen LogP contribution in [-0.4, -0.2) is 28.1 Å². The third-order valence-electron chi connectivity index (χ3n) is 5.70. The van der Waals surface area contributed by atoms with E-state index in [1.165, 1.54) is 13.0 Å². The summed E-state index contributed by atoms with van der Waals surface area (Å²) in [5.74, 6) is -0.720. The molecule has 0 saturated carbocycles. The van der Waals surface area contributed by atoms with Gasteiger partial charge in [0.1, 0.15) is 11.9 Å². The van der Waals surface area contributed by atoms with Gasteiger partial charge in [-0.05, 0) is 61.4 Å². The summed E-state index contributed by atoms with van der Waals surface area (Å²) in [5.41, 5.74) is 3.30. The van der Waals surface area contributed by atoms with Crippen LogP contribution in [0.1, 0.15) is 48.7 Å². The van der Waals surface area contributed by atoms with Gasteiger partial charge in [0, 0.05) is 28.3 Å². The van der Waals surface area contributed by atoms with Crippen LogP contribution in [0.4, 0.5) is 10.5 Å². The van der Waals surface area contributed by atoms with Crippen molar-refractivity contribution in [2.75, 3.05) is 5.32 Å². The highest BCUT2D eigenvalue weighted by Crippen LogP contribution is 2.37.